The maximum Gasteiger partial charge on any atom is 0.391 e. The first-order valence-electron chi connectivity index (χ1n) is 13.0. The molecule has 8 unspecified atom stereocenters. The molecule has 8 atom stereocenters. The number of halogens is 3. The van der Waals surface area contributed by atoms with Crippen LogP contribution in [0.2, 0.25) is 0 Å². The summed E-state index contributed by atoms with van der Waals surface area (Å²) < 4.78 is 40.3. The molecular weight excluding hydrogens is 423 g/mol. The lowest BCUT2D eigenvalue weighted by Gasteiger charge is -2.61. The molecule has 5 rings (SSSR count). The van der Waals surface area contributed by atoms with Gasteiger partial charge in [0.25, 0.3) is 0 Å². The summed E-state index contributed by atoms with van der Waals surface area (Å²) >= 11 is 0. The Balaban J connectivity index is 1.28. The minimum atomic E-state index is -4.05. The zero-order chi connectivity index (χ0) is 23.4. The number of fused-ring (bicyclic) bond motifs is 5. The predicted molar refractivity (Wildman–Crippen MR) is 125 cm³/mol. The average Bonchev–Trinajstić information content (AvgIpc) is 3.14. The molecule has 1 aromatic carbocycles. The zero-order valence-electron chi connectivity index (χ0n) is 20.0. The Hall–Kier alpha value is -1.52. The molecule has 1 aromatic rings. The summed E-state index contributed by atoms with van der Waals surface area (Å²) in [4.78, 5) is 13.3. The third-order valence-electron chi connectivity index (χ3n) is 10.8. The van der Waals surface area contributed by atoms with E-state index in [2.05, 4.69) is 19.2 Å². The molecule has 0 saturated heterocycles. The minimum absolute atomic E-state index is 0.0446. The van der Waals surface area contributed by atoms with E-state index in [1.807, 2.05) is 30.3 Å². The van der Waals surface area contributed by atoms with E-state index >= 15 is 0 Å². The maximum atomic E-state index is 13.4. The number of hydrogen-bond donors (Lipinski definition) is 1. The van der Waals surface area contributed by atoms with Crippen LogP contribution in [-0.2, 0) is 4.79 Å². The van der Waals surface area contributed by atoms with Crippen LogP contribution in [0, 0.1) is 46.3 Å². The molecule has 33 heavy (non-hydrogen) atoms. The number of benzene rings is 1. The van der Waals surface area contributed by atoms with Gasteiger partial charge in [-0.2, -0.15) is 13.2 Å². The molecule has 0 radical (unpaired) electrons. The highest BCUT2D eigenvalue weighted by atomic mass is 19.4. The number of hydrogen-bond acceptors (Lipinski definition) is 2. The van der Waals surface area contributed by atoms with Gasteiger partial charge < -0.3 is 5.32 Å². The second kappa shape index (κ2) is 8.30. The Kier molecular flexibility index (Phi) is 5.85. The number of carbonyl (C=O) groups excluding carboxylic acids is 1. The van der Waals surface area contributed by atoms with E-state index in [1.165, 1.54) is 0 Å². The van der Waals surface area contributed by atoms with Crippen molar-refractivity contribution >= 4 is 11.5 Å². The highest BCUT2D eigenvalue weighted by molar-refractivity contribution is 5.86. The number of ketones is 1. The summed E-state index contributed by atoms with van der Waals surface area (Å²) in [7, 11) is 0. The summed E-state index contributed by atoms with van der Waals surface area (Å²) in [6, 6.07) is 9.90. The van der Waals surface area contributed by atoms with Crippen LogP contribution in [0.5, 0.6) is 0 Å². The van der Waals surface area contributed by atoms with Crippen LogP contribution in [0.4, 0.5) is 18.9 Å². The zero-order valence-corrected chi connectivity index (χ0v) is 20.0. The molecule has 4 aliphatic carbocycles. The van der Waals surface area contributed by atoms with Crippen LogP contribution in [0.1, 0.15) is 71.6 Å². The molecule has 4 fully saturated rings. The van der Waals surface area contributed by atoms with Crippen molar-refractivity contribution in [3.8, 4) is 0 Å². The van der Waals surface area contributed by atoms with Gasteiger partial charge in [-0.15, -0.1) is 0 Å². The normalized spacial score (nSPS) is 42.7. The van der Waals surface area contributed by atoms with Gasteiger partial charge in [-0.3, -0.25) is 4.79 Å². The SMILES string of the molecule is CC12CCC(C(F)(F)F)CC1CCC1C2CCC2(C)C(C(=O)CNc3ccccc3)CCC12. The van der Waals surface area contributed by atoms with Gasteiger partial charge >= 0.3 is 6.18 Å². The Bertz CT molecular complexity index is 870. The molecule has 2 nitrogen and oxygen atoms in total. The average molecular weight is 462 g/mol. The molecule has 0 bridgehead atoms. The molecule has 1 N–H and O–H groups in total. The fraction of sp³-hybridized carbons (Fsp3) is 0.750. The number of carbonyl (C=O) groups is 1. The topological polar surface area (TPSA) is 29.1 Å². The molecule has 0 aliphatic heterocycles. The van der Waals surface area contributed by atoms with Gasteiger partial charge in [-0.05, 0) is 104 Å². The first-order chi connectivity index (χ1) is 15.6. The van der Waals surface area contributed by atoms with Crippen LogP contribution in [0.15, 0.2) is 30.3 Å². The number of para-hydroxylation sites is 1. The van der Waals surface area contributed by atoms with Crippen molar-refractivity contribution in [2.24, 2.45) is 46.3 Å². The van der Waals surface area contributed by atoms with Crippen molar-refractivity contribution in [3.05, 3.63) is 30.3 Å². The lowest BCUT2D eigenvalue weighted by atomic mass is 9.44. The molecule has 0 spiro atoms. The number of Topliss-reactive ketones (excluding diaryl/α,β-unsaturated/α-hetero) is 1. The Morgan fingerprint density at radius 1 is 0.939 bits per heavy atom. The van der Waals surface area contributed by atoms with Gasteiger partial charge in [-0.25, -0.2) is 0 Å². The molecule has 0 aromatic heterocycles. The van der Waals surface area contributed by atoms with Gasteiger partial charge in [0.2, 0.25) is 0 Å². The van der Waals surface area contributed by atoms with Crippen LogP contribution < -0.4 is 5.32 Å². The highest BCUT2D eigenvalue weighted by Crippen LogP contribution is 2.68. The van der Waals surface area contributed by atoms with Crippen molar-refractivity contribution in [2.75, 3.05) is 11.9 Å². The van der Waals surface area contributed by atoms with E-state index in [9.17, 15) is 18.0 Å². The van der Waals surface area contributed by atoms with E-state index < -0.39 is 12.1 Å². The van der Waals surface area contributed by atoms with Gasteiger partial charge in [0.15, 0.2) is 5.78 Å². The molecule has 0 heterocycles. The number of anilines is 1. The highest BCUT2D eigenvalue weighted by Gasteiger charge is 2.62. The Morgan fingerprint density at radius 3 is 2.36 bits per heavy atom. The largest absolute Gasteiger partial charge is 0.391 e. The van der Waals surface area contributed by atoms with E-state index in [0.29, 0.717) is 42.9 Å². The monoisotopic (exact) mass is 461 g/mol. The lowest BCUT2D eigenvalue weighted by molar-refractivity contribution is -0.207. The van der Waals surface area contributed by atoms with Crippen molar-refractivity contribution in [1.82, 2.24) is 0 Å². The van der Waals surface area contributed by atoms with Crippen molar-refractivity contribution in [3.63, 3.8) is 0 Å². The number of alkyl halides is 3. The summed E-state index contributed by atoms with van der Waals surface area (Å²) in [6.45, 7) is 5.04. The quantitative estimate of drug-likeness (QED) is 0.503. The first-order valence-corrected chi connectivity index (χ1v) is 13.0. The molecule has 5 heteroatoms. The smallest absolute Gasteiger partial charge is 0.378 e. The molecule has 0 amide bonds. The summed E-state index contributed by atoms with van der Waals surface area (Å²) in [5.74, 6) is 1.18. The summed E-state index contributed by atoms with van der Waals surface area (Å²) in [5, 5.41) is 3.31. The lowest BCUT2D eigenvalue weighted by Crippen LogP contribution is -2.54. The minimum Gasteiger partial charge on any atom is -0.378 e. The molecule has 4 aliphatic rings. The van der Waals surface area contributed by atoms with Gasteiger partial charge in [0, 0.05) is 11.6 Å². The van der Waals surface area contributed by atoms with Crippen LogP contribution in [0.25, 0.3) is 0 Å². The fourth-order valence-corrected chi connectivity index (χ4v) is 8.95. The molecule has 4 saturated carbocycles. The second-order valence-corrected chi connectivity index (χ2v) is 12.0. The Labute approximate surface area is 196 Å². The molecule has 182 valence electrons. The molecular formula is C28H38F3NO. The van der Waals surface area contributed by atoms with Gasteiger partial charge in [0.05, 0.1) is 12.5 Å². The maximum absolute atomic E-state index is 13.4. The first kappa shape index (κ1) is 23.2. The van der Waals surface area contributed by atoms with Crippen molar-refractivity contribution in [2.45, 2.75) is 77.8 Å². The number of nitrogens with one attached hydrogen (secondary N) is 1. The van der Waals surface area contributed by atoms with Gasteiger partial charge in [-0.1, -0.05) is 32.0 Å². The van der Waals surface area contributed by atoms with Crippen LogP contribution >= 0.6 is 0 Å². The van der Waals surface area contributed by atoms with E-state index in [-0.39, 0.29) is 22.7 Å². The van der Waals surface area contributed by atoms with E-state index in [0.717, 1.165) is 50.6 Å². The Morgan fingerprint density at radius 2 is 1.64 bits per heavy atom. The standard InChI is InChI=1S/C28H38F3NO/c1-26-14-12-19(28(29,30)31)16-18(26)8-9-21-22-10-11-24(27(22,2)15-13-23(21)26)25(33)17-32-20-6-4-3-5-7-20/h3-7,18-19,21-24,32H,8-17H2,1-2H3. The van der Waals surface area contributed by atoms with E-state index in [1.54, 1.807) is 0 Å². The van der Waals surface area contributed by atoms with Crippen molar-refractivity contribution < 1.29 is 18.0 Å². The van der Waals surface area contributed by atoms with Crippen LogP contribution in [0.3, 0.4) is 0 Å². The predicted octanol–water partition coefficient (Wildman–Crippen LogP) is 7.51. The van der Waals surface area contributed by atoms with E-state index in [4.69, 9.17) is 0 Å². The fourth-order valence-electron chi connectivity index (χ4n) is 8.95. The number of rotatable bonds is 4. The third-order valence-corrected chi connectivity index (χ3v) is 10.8. The van der Waals surface area contributed by atoms with Crippen molar-refractivity contribution in [1.29, 1.82) is 0 Å². The summed E-state index contributed by atoms with van der Waals surface area (Å²) in [5.41, 5.74) is 1.07. The van der Waals surface area contributed by atoms with Crippen LogP contribution in [-0.4, -0.2) is 18.5 Å². The second-order valence-electron chi connectivity index (χ2n) is 12.0. The van der Waals surface area contributed by atoms with Gasteiger partial charge in [0.1, 0.15) is 0 Å². The third kappa shape index (κ3) is 3.91. The summed E-state index contributed by atoms with van der Waals surface area (Å²) in [6.07, 6.45) is 3.49.